The fraction of sp³-hybridized carbons (Fsp3) is 1.00. The number of rotatable bonds is 3. The molecule has 3 unspecified atom stereocenters. The van der Waals surface area contributed by atoms with Crippen molar-refractivity contribution in [3.63, 3.8) is 0 Å². The Labute approximate surface area is 73.2 Å². The maximum absolute atomic E-state index is 5.92. The van der Waals surface area contributed by atoms with Crippen molar-refractivity contribution in [2.75, 3.05) is 13.2 Å². The second kappa shape index (κ2) is 3.73. The smallest absolute Gasteiger partial charge is 0.104 e. The second-order valence-electron chi connectivity index (χ2n) is 3.78. The molecule has 0 spiro atoms. The minimum atomic E-state index is 0.262. The summed E-state index contributed by atoms with van der Waals surface area (Å²) >= 11 is 0. The van der Waals surface area contributed by atoms with Crippen molar-refractivity contribution in [1.29, 1.82) is 0 Å². The van der Waals surface area contributed by atoms with Crippen molar-refractivity contribution in [2.24, 2.45) is 5.73 Å². The predicted octanol–water partition coefficient (Wildman–Crippen LogP) is 0.672. The van der Waals surface area contributed by atoms with Crippen LogP contribution in [0.15, 0.2) is 0 Å². The average molecular weight is 171 g/mol. The van der Waals surface area contributed by atoms with E-state index in [9.17, 15) is 0 Å². The zero-order chi connectivity index (χ0) is 8.39. The average Bonchev–Trinajstić information content (AvgIpc) is 2.86. The third-order valence-electron chi connectivity index (χ3n) is 2.65. The van der Waals surface area contributed by atoms with E-state index in [0.717, 1.165) is 26.1 Å². The molecular weight excluding hydrogens is 154 g/mol. The Morgan fingerprint density at radius 2 is 2.08 bits per heavy atom. The van der Waals surface area contributed by atoms with Crippen molar-refractivity contribution < 1.29 is 9.47 Å². The molecule has 0 bridgehead atoms. The fourth-order valence-electron chi connectivity index (χ4n) is 1.73. The summed E-state index contributed by atoms with van der Waals surface area (Å²) in [7, 11) is 0. The molecule has 1 saturated carbocycles. The Morgan fingerprint density at radius 1 is 1.33 bits per heavy atom. The summed E-state index contributed by atoms with van der Waals surface area (Å²) in [6.07, 6.45) is 5.46. The first-order chi connectivity index (χ1) is 5.86. The highest BCUT2D eigenvalue weighted by atomic mass is 16.6. The van der Waals surface area contributed by atoms with Gasteiger partial charge < -0.3 is 15.2 Å². The number of hydrogen-bond donors (Lipinski definition) is 1. The van der Waals surface area contributed by atoms with Crippen molar-refractivity contribution in [1.82, 2.24) is 0 Å². The number of epoxide rings is 1. The lowest BCUT2D eigenvalue weighted by Gasteiger charge is -2.28. The van der Waals surface area contributed by atoms with Crippen LogP contribution in [-0.2, 0) is 9.47 Å². The molecule has 3 atom stereocenters. The van der Waals surface area contributed by atoms with Crippen LogP contribution in [0.2, 0.25) is 0 Å². The van der Waals surface area contributed by atoms with Crippen molar-refractivity contribution >= 4 is 0 Å². The molecule has 0 radical (unpaired) electrons. The van der Waals surface area contributed by atoms with Crippen molar-refractivity contribution in [2.45, 2.75) is 43.9 Å². The number of hydrogen-bond acceptors (Lipinski definition) is 3. The van der Waals surface area contributed by atoms with Gasteiger partial charge in [-0.1, -0.05) is 12.8 Å². The Kier molecular flexibility index (Phi) is 2.63. The van der Waals surface area contributed by atoms with Gasteiger partial charge in [-0.3, -0.25) is 0 Å². The first-order valence-corrected chi connectivity index (χ1v) is 4.85. The van der Waals surface area contributed by atoms with Gasteiger partial charge in [0, 0.05) is 6.04 Å². The van der Waals surface area contributed by atoms with Crippen LogP contribution >= 0.6 is 0 Å². The van der Waals surface area contributed by atoms with E-state index in [4.69, 9.17) is 15.2 Å². The molecule has 0 aromatic rings. The molecule has 3 heteroatoms. The van der Waals surface area contributed by atoms with E-state index in [2.05, 4.69) is 0 Å². The highest BCUT2D eigenvalue weighted by Gasteiger charge is 2.27. The highest BCUT2D eigenvalue weighted by Crippen LogP contribution is 2.21. The van der Waals surface area contributed by atoms with Crippen LogP contribution in [0.3, 0.4) is 0 Å². The van der Waals surface area contributed by atoms with Crippen LogP contribution in [0.5, 0.6) is 0 Å². The normalized spacial score (nSPS) is 41.2. The van der Waals surface area contributed by atoms with Gasteiger partial charge >= 0.3 is 0 Å². The lowest BCUT2D eigenvalue weighted by molar-refractivity contribution is 0.00752. The molecule has 12 heavy (non-hydrogen) atoms. The van der Waals surface area contributed by atoms with Gasteiger partial charge in [0.2, 0.25) is 0 Å². The maximum Gasteiger partial charge on any atom is 0.104 e. The van der Waals surface area contributed by atoms with Crippen LogP contribution in [0, 0.1) is 0 Å². The van der Waals surface area contributed by atoms with Crippen molar-refractivity contribution in [3.8, 4) is 0 Å². The molecule has 1 saturated heterocycles. The Morgan fingerprint density at radius 3 is 2.75 bits per heavy atom. The van der Waals surface area contributed by atoms with Crippen LogP contribution in [0.4, 0.5) is 0 Å². The molecule has 0 aromatic heterocycles. The minimum absolute atomic E-state index is 0.262. The first kappa shape index (κ1) is 8.48. The Balaban J connectivity index is 1.68. The van der Waals surface area contributed by atoms with Crippen LogP contribution in [0.1, 0.15) is 25.7 Å². The Bertz CT molecular complexity index is 147. The lowest BCUT2D eigenvalue weighted by atomic mass is 9.93. The van der Waals surface area contributed by atoms with Crippen LogP contribution in [-0.4, -0.2) is 31.5 Å². The molecule has 1 aliphatic carbocycles. The first-order valence-electron chi connectivity index (χ1n) is 4.85. The van der Waals surface area contributed by atoms with E-state index >= 15 is 0 Å². The van der Waals surface area contributed by atoms with Gasteiger partial charge in [0.1, 0.15) is 6.10 Å². The SMILES string of the molecule is NC1CCCCC1OCC1CO1. The zero-order valence-electron chi connectivity index (χ0n) is 7.37. The third-order valence-corrected chi connectivity index (χ3v) is 2.65. The lowest BCUT2D eigenvalue weighted by Crippen LogP contribution is -2.39. The molecule has 2 aliphatic rings. The van der Waals surface area contributed by atoms with Gasteiger partial charge in [-0.05, 0) is 12.8 Å². The van der Waals surface area contributed by atoms with Gasteiger partial charge in [0.25, 0.3) is 0 Å². The molecule has 2 N–H and O–H groups in total. The number of nitrogens with two attached hydrogens (primary N) is 1. The standard InChI is InChI=1S/C9H17NO2/c10-8-3-1-2-4-9(8)12-6-7-5-11-7/h7-9H,1-6,10H2. The maximum atomic E-state index is 5.92. The molecule has 0 amide bonds. The predicted molar refractivity (Wildman–Crippen MR) is 45.9 cm³/mol. The van der Waals surface area contributed by atoms with E-state index in [1.165, 1.54) is 12.8 Å². The summed E-state index contributed by atoms with van der Waals surface area (Å²) in [6, 6.07) is 0.262. The minimum Gasteiger partial charge on any atom is -0.374 e. The highest BCUT2D eigenvalue weighted by molar-refractivity contribution is 4.79. The van der Waals surface area contributed by atoms with Gasteiger partial charge in [0.15, 0.2) is 0 Å². The zero-order valence-corrected chi connectivity index (χ0v) is 7.37. The molecule has 3 nitrogen and oxygen atoms in total. The van der Waals surface area contributed by atoms with Gasteiger partial charge in [-0.15, -0.1) is 0 Å². The summed E-state index contributed by atoms with van der Waals surface area (Å²) < 4.78 is 10.7. The van der Waals surface area contributed by atoms with E-state index < -0.39 is 0 Å². The largest absolute Gasteiger partial charge is 0.374 e. The molecule has 1 heterocycles. The summed E-state index contributed by atoms with van der Waals surface area (Å²) in [5.74, 6) is 0. The Hall–Kier alpha value is -0.120. The third kappa shape index (κ3) is 2.19. The topological polar surface area (TPSA) is 47.8 Å². The molecule has 70 valence electrons. The molecule has 0 aromatic carbocycles. The van der Waals surface area contributed by atoms with E-state index in [1.54, 1.807) is 0 Å². The van der Waals surface area contributed by atoms with E-state index in [-0.39, 0.29) is 6.04 Å². The fourth-order valence-corrected chi connectivity index (χ4v) is 1.73. The summed E-state index contributed by atoms with van der Waals surface area (Å²) in [5, 5.41) is 0. The molecule has 2 rings (SSSR count). The van der Waals surface area contributed by atoms with E-state index in [0.29, 0.717) is 12.2 Å². The molecular formula is C9H17NO2. The summed E-state index contributed by atoms with van der Waals surface area (Å²) in [6.45, 7) is 1.63. The molecule has 1 aliphatic heterocycles. The van der Waals surface area contributed by atoms with Crippen LogP contribution < -0.4 is 5.73 Å². The second-order valence-corrected chi connectivity index (χ2v) is 3.78. The molecule has 2 fully saturated rings. The number of ether oxygens (including phenoxy) is 2. The monoisotopic (exact) mass is 171 g/mol. The van der Waals surface area contributed by atoms with Crippen molar-refractivity contribution in [3.05, 3.63) is 0 Å². The quantitative estimate of drug-likeness (QED) is 0.635. The van der Waals surface area contributed by atoms with Crippen LogP contribution in [0.25, 0.3) is 0 Å². The van der Waals surface area contributed by atoms with Gasteiger partial charge in [0.05, 0.1) is 19.3 Å². The summed E-state index contributed by atoms with van der Waals surface area (Å²) in [4.78, 5) is 0. The summed E-state index contributed by atoms with van der Waals surface area (Å²) in [5.41, 5.74) is 5.92. The van der Waals surface area contributed by atoms with Gasteiger partial charge in [-0.25, -0.2) is 0 Å². The van der Waals surface area contributed by atoms with Gasteiger partial charge in [-0.2, -0.15) is 0 Å². The van der Waals surface area contributed by atoms with E-state index in [1.807, 2.05) is 0 Å².